The van der Waals surface area contributed by atoms with Gasteiger partial charge in [-0.15, -0.1) is 0 Å². The minimum absolute atomic E-state index is 0.615. The maximum absolute atomic E-state index is 5.60. The van der Waals surface area contributed by atoms with Gasteiger partial charge < -0.3 is 4.74 Å². The van der Waals surface area contributed by atoms with E-state index >= 15 is 0 Å². The van der Waals surface area contributed by atoms with E-state index in [-0.39, 0.29) is 0 Å². The maximum atomic E-state index is 5.60. The third-order valence-electron chi connectivity index (χ3n) is 4.29. The normalized spacial score (nSPS) is 15.3. The third-order valence-corrected chi connectivity index (χ3v) is 9.96. The van der Waals surface area contributed by atoms with Gasteiger partial charge in [0, 0.05) is 0 Å². The summed E-state index contributed by atoms with van der Waals surface area (Å²) in [5.74, 6) is 1.07. The fourth-order valence-corrected chi connectivity index (χ4v) is 7.77. The zero-order chi connectivity index (χ0) is 13.0. The Morgan fingerprint density at radius 2 is 1.67 bits per heavy atom. The maximum Gasteiger partial charge on any atom is 0.118 e. The summed E-state index contributed by atoms with van der Waals surface area (Å²) in [5.41, 5.74) is 0.615. The second kappa shape index (κ2) is 5.57. The van der Waals surface area contributed by atoms with Crippen LogP contribution in [0.2, 0.25) is 17.6 Å². The SMILES string of the molecule is CC[Si](CC)(c1ccccc1OC)C1C=CC=C1. The summed E-state index contributed by atoms with van der Waals surface area (Å²) in [6.45, 7) is 4.67. The van der Waals surface area contributed by atoms with Crippen LogP contribution < -0.4 is 9.92 Å². The zero-order valence-corrected chi connectivity index (χ0v) is 12.5. The van der Waals surface area contributed by atoms with E-state index in [1.807, 2.05) is 0 Å². The zero-order valence-electron chi connectivity index (χ0n) is 11.5. The van der Waals surface area contributed by atoms with Crippen LogP contribution in [0.3, 0.4) is 0 Å². The van der Waals surface area contributed by atoms with Gasteiger partial charge in [0.15, 0.2) is 0 Å². The third kappa shape index (κ3) is 2.05. The molecule has 1 aliphatic carbocycles. The number of methoxy groups -OCH3 is 1. The number of allylic oxidation sites excluding steroid dienone is 4. The summed E-state index contributed by atoms with van der Waals surface area (Å²) in [5, 5.41) is 1.47. The largest absolute Gasteiger partial charge is 0.497 e. The highest BCUT2D eigenvalue weighted by Crippen LogP contribution is 2.36. The Morgan fingerprint density at radius 3 is 2.22 bits per heavy atom. The molecule has 0 fully saturated rings. The number of hydrogen-bond donors (Lipinski definition) is 0. The standard InChI is InChI=1S/C16H22OSi/c1-4-18(5-2,14-10-6-7-11-14)16-13-9-8-12-15(16)17-3/h6-14H,4-5H2,1-3H3. The highest BCUT2D eigenvalue weighted by molar-refractivity contribution is 6.94. The van der Waals surface area contributed by atoms with Crippen LogP contribution in [-0.4, -0.2) is 15.2 Å². The Morgan fingerprint density at radius 1 is 1.06 bits per heavy atom. The first-order valence-corrected chi connectivity index (χ1v) is 9.26. The van der Waals surface area contributed by atoms with Crippen molar-refractivity contribution in [1.82, 2.24) is 0 Å². The molecular formula is C16H22OSi. The van der Waals surface area contributed by atoms with Crippen molar-refractivity contribution in [2.45, 2.75) is 31.5 Å². The van der Waals surface area contributed by atoms with Crippen LogP contribution >= 0.6 is 0 Å². The first-order chi connectivity index (χ1) is 8.78. The molecule has 0 spiro atoms. The van der Waals surface area contributed by atoms with Crippen LogP contribution in [0.5, 0.6) is 5.75 Å². The number of rotatable bonds is 5. The van der Waals surface area contributed by atoms with Crippen LogP contribution in [-0.2, 0) is 0 Å². The lowest BCUT2D eigenvalue weighted by molar-refractivity contribution is 0.417. The Labute approximate surface area is 111 Å². The fourth-order valence-electron chi connectivity index (χ4n) is 3.14. The van der Waals surface area contributed by atoms with Crippen LogP contribution in [0.15, 0.2) is 48.6 Å². The average molecular weight is 258 g/mol. The van der Waals surface area contributed by atoms with Crippen LogP contribution in [0.1, 0.15) is 13.8 Å². The summed E-state index contributed by atoms with van der Waals surface area (Å²) in [7, 11) is 0.231. The molecule has 2 heteroatoms. The van der Waals surface area contributed by atoms with Gasteiger partial charge >= 0.3 is 0 Å². The quantitative estimate of drug-likeness (QED) is 0.728. The molecule has 0 amide bonds. The molecule has 0 N–H and O–H groups in total. The number of benzene rings is 1. The van der Waals surface area contributed by atoms with E-state index in [4.69, 9.17) is 4.74 Å². The predicted molar refractivity (Wildman–Crippen MR) is 81.4 cm³/mol. The fraction of sp³-hybridized carbons (Fsp3) is 0.375. The summed E-state index contributed by atoms with van der Waals surface area (Å²) in [6.07, 6.45) is 9.11. The van der Waals surface area contributed by atoms with Crippen molar-refractivity contribution in [2.75, 3.05) is 7.11 Å². The molecule has 0 radical (unpaired) electrons. The van der Waals surface area contributed by atoms with Gasteiger partial charge in [-0.3, -0.25) is 0 Å². The molecule has 96 valence electrons. The minimum atomic E-state index is -1.55. The number of para-hydroxylation sites is 1. The van der Waals surface area contributed by atoms with E-state index in [1.165, 1.54) is 17.3 Å². The molecule has 18 heavy (non-hydrogen) atoms. The Hall–Kier alpha value is -1.28. The van der Waals surface area contributed by atoms with Crippen molar-refractivity contribution in [1.29, 1.82) is 0 Å². The molecule has 0 unspecified atom stereocenters. The lowest BCUT2D eigenvalue weighted by Crippen LogP contribution is -2.50. The number of ether oxygens (including phenoxy) is 1. The Kier molecular flexibility index (Phi) is 4.07. The van der Waals surface area contributed by atoms with Crippen LogP contribution in [0.25, 0.3) is 0 Å². The van der Waals surface area contributed by atoms with Crippen molar-refractivity contribution in [3.05, 3.63) is 48.6 Å². The molecule has 0 saturated heterocycles. The van der Waals surface area contributed by atoms with E-state index < -0.39 is 8.07 Å². The molecule has 0 heterocycles. The van der Waals surface area contributed by atoms with E-state index in [9.17, 15) is 0 Å². The van der Waals surface area contributed by atoms with Crippen molar-refractivity contribution >= 4 is 13.3 Å². The number of hydrogen-bond acceptors (Lipinski definition) is 1. The Balaban J connectivity index is 2.52. The van der Waals surface area contributed by atoms with E-state index in [0.29, 0.717) is 5.54 Å². The lowest BCUT2D eigenvalue weighted by atomic mass is 10.3. The smallest absolute Gasteiger partial charge is 0.118 e. The molecule has 1 aliphatic rings. The van der Waals surface area contributed by atoms with Crippen molar-refractivity contribution in [2.24, 2.45) is 0 Å². The Bertz CT molecular complexity index is 446. The molecule has 0 atom stereocenters. The van der Waals surface area contributed by atoms with E-state index in [1.54, 1.807) is 7.11 Å². The molecule has 1 aromatic rings. The van der Waals surface area contributed by atoms with Crippen LogP contribution in [0, 0.1) is 0 Å². The van der Waals surface area contributed by atoms with Gasteiger partial charge in [0.1, 0.15) is 13.8 Å². The summed E-state index contributed by atoms with van der Waals surface area (Å²) in [4.78, 5) is 0. The van der Waals surface area contributed by atoms with Crippen LogP contribution in [0.4, 0.5) is 0 Å². The molecule has 0 bridgehead atoms. The molecule has 0 aromatic heterocycles. The minimum Gasteiger partial charge on any atom is -0.497 e. The first kappa shape index (κ1) is 13.2. The topological polar surface area (TPSA) is 9.23 Å². The van der Waals surface area contributed by atoms with Gasteiger partial charge in [-0.25, -0.2) is 0 Å². The van der Waals surface area contributed by atoms with E-state index in [2.05, 4.69) is 62.4 Å². The van der Waals surface area contributed by atoms with Gasteiger partial charge in [0.05, 0.1) is 7.11 Å². The molecular weight excluding hydrogens is 236 g/mol. The van der Waals surface area contributed by atoms with Gasteiger partial charge in [-0.05, 0) is 16.8 Å². The highest BCUT2D eigenvalue weighted by atomic mass is 28.3. The van der Waals surface area contributed by atoms with Gasteiger partial charge in [-0.2, -0.15) is 0 Å². The van der Waals surface area contributed by atoms with Crippen molar-refractivity contribution in [3.8, 4) is 5.75 Å². The monoisotopic (exact) mass is 258 g/mol. The molecule has 0 aliphatic heterocycles. The lowest BCUT2D eigenvalue weighted by Gasteiger charge is -2.35. The van der Waals surface area contributed by atoms with Crippen molar-refractivity contribution < 1.29 is 4.74 Å². The van der Waals surface area contributed by atoms with Gasteiger partial charge in [0.25, 0.3) is 0 Å². The molecule has 1 aromatic carbocycles. The van der Waals surface area contributed by atoms with Crippen molar-refractivity contribution in [3.63, 3.8) is 0 Å². The second-order valence-corrected chi connectivity index (χ2v) is 9.79. The second-order valence-electron chi connectivity index (χ2n) is 4.86. The molecule has 1 nitrogen and oxygen atoms in total. The molecule has 0 saturated carbocycles. The van der Waals surface area contributed by atoms with Gasteiger partial charge in [-0.1, -0.05) is 68.4 Å². The van der Waals surface area contributed by atoms with E-state index in [0.717, 1.165) is 5.75 Å². The predicted octanol–water partition coefficient (Wildman–Crippen LogP) is 3.89. The first-order valence-electron chi connectivity index (χ1n) is 6.77. The summed E-state index contributed by atoms with van der Waals surface area (Å²) < 4.78 is 5.60. The summed E-state index contributed by atoms with van der Waals surface area (Å²) >= 11 is 0. The molecule has 2 rings (SSSR count). The highest BCUT2D eigenvalue weighted by Gasteiger charge is 2.39. The summed E-state index contributed by atoms with van der Waals surface area (Å²) in [6, 6.07) is 11.1. The van der Waals surface area contributed by atoms with Gasteiger partial charge in [0.2, 0.25) is 0 Å². The average Bonchev–Trinajstić information content (AvgIpc) is 2.96.